The molecule has 1 amide bonds. The van der Waals surface area contributed by atoms with Crippen molar-refractivity contribution in [1.82, 2.24) is 10.3 Å². The van der Waals surface area contributed by atoms with E-state index in [2.05, 4.69) is 11.5 Å². The van der Waals surface area contributed by atoms with Crippen LogP contribution in [-0.4, -0.2) is 44.2 Å². The first-order valence-corrected chi connectivity index (χ1v) is 5.57. The van der Waals surface area contributed by atoms with Crippen molar-refractivity contribution in [3.05, 3.63) is 0 Å². The zero-order valence-corrected chi connectivity index (χ0v) is 10.8. The lowest BCUT2D eigenvalue weighted by atomic mass is 9.91. The van der Waals surface area contributed by atoms with Gasteiger partial charge in [-0.3, -0.25) is 15.1 Å². The van der Waals surface area contributed by atoms with Gasteiger partial charge in [0.15, 0.2) is 0 Å². The van der Waals surface area contributed by atoms with Crippen LogP contribution in [0.25, 0.3) is 0 Å². The minimum Gasteiger partial charge on any atom is -0.383 e. The normalized spacial score (nSPS) is 11.3. The molecule has 0 saturated heterocycles. The molecule has 0 aromatic rings. The average molecular weight is 242 g/mol. The molecule has 0 aromatic heterocycles. The Hall–Kier alpha value is -1.16. The van der Waals surface area contributed by atoms with Crippen molar-refractivity contribution in [3.63, 3.8) is 0 Å². The lowest BCUT2D eigenvalue weighted by molar-refractivity contribution is -0.130. The fourth-order valence-corrected chi connectivity index (χ4v) is 1.52. The summed E-state index contributed by atoms with van der Waals surface area (Å²) in [6, 6.07) is 2.10. The van der Waals surface area contributed by atoms with Crippen molar-refractivity contribution in [2.75, 3.05) is 33.4 Å². The monoisotopic (exact) mass is 242 g/mol. The number of nitriles is 1. The van der Waals surface area contributed by atoms with Crippen LogP contribution in [0, 0.1) is 16.7 Å². The van der Waals surface area contributed by atoms with Gasteiger partial charge in [-0.1, -0.05) is 0 Å². The molecule has 0 rings (SSSR count). The maximum Gasteiger partial charge on any atom is 0.240 e. The third-order valence-electron chi connectivity index (χ3n) is 2.52. The second-order valence-corrected chi connectivity index (χ2v) is 4.53. The molecule has 98 valence electrons. The molecule has 0 aliphatic carbocycles. The van der Waals surface area contributed by atoms with Gasteiger partial charge < -0.3 is 4.74 Å². The predicted octanol–water partition coefficient (Wildman–Crippen LogP) is -0.135. The molecule has 0 aromatic carbocycles. The van der Waals surface area contributed by atoms with E-state index in [1.807, 2.05) is 18.7 Å². The van der Waals surface area contributed by atoms with E-state index in [1.54, 1.807) is 7.11 Å². The van der Waals surface area contributed by atoms with E-state index in [4.69, 9.17) is 15.8 Å². The smallest absolute Gasteiger partial charge is 0.240 e. The number of methoxy groups -OCH3 is 1. The van der Waals surface area contributed by atoms with Crippen molar-refractivity contribution >= 4 is 5.91 Å². The Labute approximate surface area is 103 Å². The van der Waals surface area contributed by atoms with Gasteiger partial charge in [0.25, 0.3) is 0 Å². The number of nitrogens with two attached hydrogens (primary N) is 1. The van der Waals surface area contributed by atoms with E-state index in [0.29, 0.717) is 32.7 Å². The molecule has 0 unspecified atom stereocenters. The summed E-state index contributed by atoms with van der Waals surface area (Å²) in [7, 11) is 1.63. The predicted molar refractivity (Wildman–Crippen MR) is 64.7 cm³/mol. The molecule has 0 radical (unpaired) electrons. The minimum atomic E-state index is -0.585. The van der Waals surface area contributed by atoms with Crippen LogP contribution in [0.2, 0.25) is 0 Å². The number of nitrogens with one attached hydrogen (secondary N) is 1. The van der Waals surface area contributed by atoms with Gasteiger partial charge in [0.05, 0.1) is 18.1 Å². The lowest BCUT2D eigenvalue weighted by Gasteiger charge is -2.30. The highest BCUT2D eigenvalue weighted by atomic mass is 16.5. The number of ether oxygens (including phenoxy) is 1. The first kappa shape index (κ1) is 15.8. The molecule has 17 heavy (non-hydrogen) atoms. The van der Waals surface area contributed by atoms with Crippen LogP contribution >= 0.6 is 0 Å². The topological polar surface area (TPSA) is 91.4 Å². The standard InChI is InChI=1S/C11H22N4O2/c1-11(2,10(16)14-13)9-15(6-4-5-12)7-8-17-3/h4,6-9,13H2,1-3H3,(H,14,16). The Bertz CT molecular complexity index is 273. The molecule has 0 atom stereocenters. The molecule has 0 aliphatic rings. The third-order valence-corrected chi connectivity index (χ3v) is 2.52. The number of hydrazine groups is 1. The van der Waals surface area contributed by atoms with Crippen LogP contribution < -0.4 is 11.3 Å². The van der Waals surface area contributed by atoms with E-state index in [-0.39, 0.29) is 5.91 Å². The van der Waals surface area contributed by atoms with E-state index in [0.717, 1.165) is 0 Å². The molecule has 0 heterocycles. The van der Waals surface area contributed by atoms with Crippen LogP contribution in [0.1, 0.15) is 20.3 Å². The summed E-state index contributed by atoms with van der Waals surface area (Å²) in [6.45, 7) is 6.08. The Morgan fingerprint density at radius 2 is 2.18 bits per heavy atom. The fourth-order valence-electron chi connectivity index (χ4n) is 1.52. The van der Waals surface area contributed by atoms with E-state index in [1.165, 1.54) is 0 Å². The van der Waals surface area contributed by atoms with Crippen LogP contribution in [0.4, 0.5) is 0 Å². The summed E-state index contributed by atoms with van der Waals surface area (Å²) in [5, 5.41) is 8.59. The molecule has 0 saturated carbocycles. The van der Waals surface area contributed by atoms with Crippen molar-refractivity contribution in [2.24, 2.45) is 11.3 Å². The number of nitrogens with zero attached hydrogens (tertiary/aromatic N) is 2. The molecule has 3 N–H and O–H groups in total. The van der Waals surface area contributed by atoms with Gasteiger partial charge in [0, 0.05) is 33.2 Å². The molecule has 6 heteroatoms. The minimum absolute atomic E-state index is 0.211. The molecular formula is C11H22N4O2. The number of amides is 1. The Kier molecular flexibility index (Phi) is 7.46. The summed E-state index contributed by atoms with van der Waals surface area (Å²) < 4.78 is 5.00. The lowest BCUT2D eigenvalue weighted by Crippen LogP contribution is -2.48. The zero-order chi connectivity index (χ0) is 13.3. The van der Waals surface area contributed by atoms with Gasteiger partial charge in [-0.25, -0.2) is 5.84 Å². The largest absolute Gasteiger partial charge is 0.383 e. The number of carbonyl (C=O) groups excluding carboxylic acids is 1. The second-order valence-electron chi connectivity index (χ2n) is 4.53. The summed E-state index contributed by atoms with van der Waals surface area (Å²) in [5.41, 5.74) is 1.58. The highest BCUT2D eigenvalue weighted by molar-refractivity contribution is 5.81. The quantitative estimate of drug-likeness (QED) is 0.351. The van der Waals surface area contributed by atoms with Crippen LogP contribution in [0.3, 0.4) is 0 Å². The molecule has 6 nitrogen and oxygen atoms in total. The van der Waals surface area contributed by atoms with E-state index in [9.17, 15) is 4.79 Å². The molecule has 0 fully saturated rings. The number of carbonyl (C=O) groups is 1. The van der Waals surface area contributed by atoms with E-state index < -0.39 is 5.41 Å². The van der Waals surface area contributed by atoms with Gasteiger partial charge in [-0.05, 0) is 13.8 Å². The maximum absolute atomic E-state index is 11.6. The van der Waals surface area contributed by atoms with Gasteiger partial charge in [0.2, 0.25) is 5.91 Å². The van der Waals surface area contributed by atoms with Crippen LogP contribution in [0.15, 0.2) is 0 Å². The Morgan fingerprint density at radius 1 is 1.53 bits per heavy atom. The number of rotatable bonds is 8. The van der Waals surface area contributed by atoms with Crippen molar-refractivity contribution in [2.45, 2.75) is 20.3 Å². The van der Waals surface area contributed by atoms with Crippen molar-refractivity contribution in [1.29, 1.82) is 5.26 Å². The summed E-state index contributed by atoms with van der Waals surface area (Å²) in [4.78, 5) is 13.6. The maximum atomic E-state index is 11.6. The summed E-state index contributed by atoms with van der Waals surface area (Å²) in [5.74, 6) is 4.93. The van der Waals surface area contributed by atoms with Crippen molar-refractivity contribution < 1.29 is 9.53 Å². The van der Waals surface area contributed by atoms with Gasteiger partial charge in [0.1, 0.15) is 0 Å². The Balaban J connectivity index is 4.39. The van der Waals surface area contributed by atoms with Gasteiger partial charge >= 0.3 is 0 Å². The third kappa shape index (κ3) is 6.22. The summed E-state index contributed by atoms with van der Waals surface area (Å²) in [6.07, 6.45) is 0.435. The highest BCUT2D eigenvalue weighted by Crippen LogP contribution is 2.17. The first-order valence-electron chi connectivity index (χ1n) is 5.57. The zero-order valence-electron chi connectivity index (χ0n) is 10.8. The highest BCUT2D eigenvalue weighted by Gasteiger charge is 2.29. The van der Waals surface area contributed by atoms with Crippen LogP contribution in [-0.2, 0) is 9.53 Å². The second kappa shape index (κ2) is 8.01. The van der Waals surface area contributed by atoms with Crippen LogP contribution in [0.5, 0.6) is 0 Å². The SMILES string of the molecule is COCCN(CCC#N)CC(C)(C)C(=O)NN. The Morgan fingerprint density at radius 3 is 2.65 bits per heavy atom. The molecule has 0 aliphatic heterocycles. The van der Waals surface area contributed by atoms with Gasteiger partial charge in [-0.2, -0.15) is 5.26 Å². The molecule has 0 bridgehead atoms. The number of hydrogen-bond acceptors (Lipinski definition) is 5. The first-order chi connectivity index (χ1) is 7.97. The fraction of sp³-hybridized carbons (Fsp3) is 0.818. The molecule has 0 spiro atoms. The van der Waals surface area contributed by atoms with E-state index >= 15 is 0 Å². The average Bonchev–Trinajstić information content (AvgIpc) is 2.31. The van der Waals surface area contributed by atoms with Crippen molar-refractivity contribution in [3.8, 4) is 6.07 Å². The van der Waals surface area contributed by atoms with Gasteiger partial charge in [-0.15, -0.1) is 0 Å². The number of hydrogen-bond donors (Lipinski definition) is 2. The summed E-state index contributed by atoms with van der Waals surface area (Å²) >= 11 is 0. The molecular weight excluding hydrogens is 220 g/mol.